The summed E-state index contributed by atoms with van der Waals surface area (Å²) in [4.78, 5) is 15.0. The monoisotopic (exact) mass is 384 g/mol. The third-order valence-corrected chi connectivity index (χ3v) is 6.88. The van der Waals surface area contributed by atoms with Crippen LogP contribution < -0.4 is 15.0 Å². The molecule has 3 rings (SSSR count). The molecule has 2 N–H and O–H groups in total. The van der Waals surface area contributed by atoms with Gasteiger partial charge in [0, 0.05) is 17.5 Å². The molecule has 0 unspecified atom stereocenters. The SMILES string of the molecule is COc1cc2cc(CCNS(=O)(=O)C3CCCC3)c(=O)[nH]c2cc1Cl. The molecule has 1 fully saturated rings. The molecule has 1 saturated carbocycles. The molecule has 6 nitrogen and oxygen atoms in total. The van der Waals surface area contributed by atoms with Crippen molar-refractivity contribution in [3.05, 3.63) is 39.1 Å². The van der Waals surface area contributed by atoms with Crippen molar-refractivity contribution < 1.29 is 13.2 Å². The lowest BCUT2D eigenvalue weighted by Gasteiger charge is -2.12. The fourth-order valence-corrected chi connectivity index (χ4v) is 5.06. The Kier molecular flexibility index (Phi) is 5.36. The number of benzene rings is 1. The van der Waals surface area contributed by atoms with E-state index in [1.807, 2.05) is 0 Å². The van der Waals surface area contributed by atoms with Gasteiger partial charge in [0.25, 0.3) is 5.56 Å². The molecule has 0 bridgehead atoms. The van der Waals surface area contributed by atoms with Crippen molar-refractivity contribution in [1.82, 2.24) is 9.71 Å². The molecular weight excluding hydrogens is 364 g/mol. The Bertz CT molecular complexity index is 934. The van der Waals surface area contributed by atoms with E-state index in [-0.39, 0.29) is 17.4 Å². The molecule has 1 aliphatic carbocycles. The Morgan fingerprint density at radius 3 is 2.68 bits per heavy atom. The summed E-state index contributed by atoms with van der Waals surface area (Å²) in [6.45, 7) is 0.206. The van der Waals surface area contributed by atoms with E-state index in [1.165, 1.54) is 7.11 Å². The van der Waals surface area contributed by atoms with Crippen LogP contribution >= 0.6 is 11.6 Å². The van der Waals surface area contributed by atoms with Crippen LogP contribution in [-0.4, -0.2) is 32.3 Å². The summed E-state index contributed by atoms with van der Waals surface area (Å²) in [7, 11) is -1.78. The van der Waals surface area contributed by atoms with E-state index in [2.05, 4.69) is 9.71 Å². The highest BCUT2D eigenvalue weighted by Gasteiger charge is 2.28. The first kappa shape index (κ1) is 18.2. The van der Waals surface area contributed by atoms with Crippen LogP contribution in [0.1, 0.15) is 31.2 Å². The molecule has 0 amide bonds. The van der Waals surface area contributed by atoms with Gasteiger partial charge >= 0.3 is 0 Å². The minimum Gasteiger partial charge on any atom is -0.495 e. The number of nitrogens with one attached hydrogen (secondary N) is 2. The Labute approximate surface area is 151 Å². The number of methoxy groups -OCH3 is 1. The Hall–Kier alpha value is -1.57. The van der Waals surface area contributed by atoms with Gasteiger partial charge in [-0.1, -0.05) is 24.4 Å². The van der Waals surface area contributed by atoms with Crippen molar-refractivity contribution in [2.24, 2.45) is 0 Å². The van der Waals surface area contributed by atoms with Gasteiger partial charge in [-0.15, -0.1) is 0 Å². The van der Waals surface area contributed by atoms with Gasteiger partial charge in [-0.25, -0.2) is 13.1 Å². The first-order valence-corrected chi connectivity index (χ1v) is 10.2. The van der Waals surface area contributed by atoms with Gasteiger partial charge in [-0.2, -0.15) is 0 Å². The molecule has 8 heteroatoms. The molecule has 0 atom stereocenters. The normalized spacial score (nSPS) is 15.8. The summed E-state index contributed by atoms with van der Waals surface area (Å²) in [5.41, 5.74) is 0.894. The smallest absolute Gasteiger partial charge is 0.251 e. The number of sulfonamides is 1. The van der Waals surface area contributed by atoms with Crippen LogP contribution in [0.15, 0.2) is 23.0 Å². The summed E-state index contributed by atoms with van der Waals surface area (Å²) < 4.78 is 32.2. The summed E-state index contributed by atoms with van der Waals surface area (Å²) in [6, 6.07) is 5.14. The molecule has 0 radical (unpaired) electrons. The van der Waals surface area contributed by atoms with Crippen molar-refractivity contribution in [2.75, 3.05) is 13.7 Å². The van der Waals surface area contributed by atoms with Crippen molar-refractivity contribution in [3.8, 4) is 5.75 Å². The molecule has 0 aliphatic heterocycles. The number of hydrogen-bond acceptors (Lipinski definition) is 4. The van der Waals surface area contributed by atoms with Crippen molar-refractivity contribution >= 4 is 32.5 Å². The number of ether oxygens (including phenoxy) is 1. The van der Waals surface area contributed by atoms with Gasteiger partial charge in [0.05, 0.1) is 22.9 Å². The zero-order valence-electron chi connectivity index (χ0n) is 14.0. The number of hydrogen-bond donors (Lipinski definition) is 2. The van der Waals surface area contributed by atoms with E-state index in [0.29, 0.717) is 41.1 Å². The summed E-state index contributed by atoms with van der Waals surface area (Å²) >= 11 is 6.07. The van der Waals surface area contributed by atoms with Crippen LogP contribution in [0.4, 0.5) is 0 Å². The molecule has 0 saturated heterocycles. The number of rotatable bonds is 6. The third kappa shape index (κ3) is 3.99. The molecule has 1 heterocycles. The molecule has 0 spiro atoms. The van der Waals surface area contributed by atoms with Crippen LogP contribution in [-0.2, 0) is 16.4 Å². The Morgan fingerprint density at radius 2 is 2.00 bits per heavy atom. The van der Waals surface area contributed by atoms with Crippen LogP contribution in [0.2, 0.25) is 5.02 Å². The van der Waals surface area contributed by atoms with Crippen molar-refractivity contribution in [1.29, 1.82) is 0 Å². The average molecular weight is 385 g/mol. The first-order valence-electron chi connectivity index (χ1n) is 8.28. The molecule has 1 aromatic carbocycles. The quantitative estimate of drug-likeness (QED) is 0.801. The van der Waals surface area contributed by atoms with E-state index in [1.54, 1.807) is 18.2 Å². The van der Waals surface area contributed by atoms with Crippen LogP contribution in [0, 0.1) is 0 Å². The highest BCUT2D eigenvalue weighted by atomic mass is 35.5. The highest BCUT2D eigenvalue weighted by molar-refractivity contribution is 7.90. The minimum absolute atomic E-state index is 0.206. The third-order valence-electron chi connectivity index (χ3n) is 4.63. The molecule has 25 heavy (non-hydrogen) atoms. The second-order valence-electron chi connectivity index (χ2n) is 6.29. The minimum atomic E-state index is -3.30. The maximum absolute atomic E-state index is 12.2. The predicted octanol–water partition coefficient (Wildman–Crippen LogP) is 2.59. The second kappa shape index (κ2) is 7.35. The van der Waals surface area contributed by atoms with E-state index in [4.69, 9.17) is 16.3 Å². The number of halogens is 1. The second-order valence-corrected chi connectivity index (χ2v) is 8.75. The highest BCUT2D eigenvalue weighted by Crippen LogP contribution is 2.28. The predicted molar refractivity (Wildman–Crippen MR) is 99.0 cm³/mol. The number of fused-ring (bicyclic) bond motifs is 1. The standard InChI is InChI=1S/C17H21ClN2O4S/c1-24-16-9-12-8-11(17(21)20-15(12)10-14(16)18)6-7-19-25(22,23)13-4-2-3-5-13/h8-10,13,19H,2-7H2,1H3,(H,20,21). The van der Waals surface area contributed by atoms with Crippen LogP contribution in [0.25, 0.3) is 10.9 Å². The van der Waals surface area contributed by atoms with Crippen molar-refractivity contribution in [2.45, 2.75) is 37.4 Å². The van der Waals surface area contributed by atoms with E-state index >= 15 is 0 Å². The fraction of sp³-hybridized carbons (Fsp3) is 0.471. The zero-order valence-corrected chi connectivity index (χ0v) is 15.5. The molecule has 2 aromatic rings. The largest absolute Gasteiger partial charge is 0.495 e. The van der Waals surface area contributed by atoms with Crippen LogP contribution in [0.3, 0.4) is 0 Å². The zero-order chi connectivity index (χ0) is 18.0. The maximum atomic E-state index is 12.2. The van der Waals surface area contributed by atoms with Gasteiger partial charge in [0.2, 0.25) is 10.0 Å². The van der Waals surface area contributed by atoms with E-state index < -0.39 is 10.0 Å². The van der Waals surface area contributed by atoms with Crippen molar-refractivity contribution in [3.63, 3.8) is 0 Å². The molecule has 136 valence electrons. The molecule has 1 aromatic heterocycles. The summed E-state index contributed by atoms with van der Waals surface area (Å²) in [5, 5.41) is 0.908. The lowest BCUT2D eigenvalue weighted by Crippen LogP contribution is -2.34. The Morgan fingerprint density at radius 1 is 1.28 bits per heavy atom. The van der Waals surface area contributed by atoms with Gasteiger partial charge in [-0.3, -0.25) is 4.79 Å². The van der Waals surface area contributed by atoms with E-state index in [9.17, 15) is 13.2 Å². The molecule has 1 aliphatic rings. The van der Waals surface area contributed by atoms with Gasteiger partial charge < -0.3 is 9.72 Å². The van der Waals surface area contributed by atoms with Gasteiger partial charge in [0.1, 0.15) is 5.75 Å². The average Bonchev–Trinajstić information content (AvgIpc) is 3.10. The molecular formula is C17H21ClN2O4S. The van der Waals surface area contributed by atoms with Crippen LogP contribution in [0.5, 0.6) is 5.75 Å². The number of pyridine rings is 1. The topological polar surface area (TPSA) is 88.3 Å². The lowest BCUT2D eigenvalue weighted by molar-refractivity contribution is 0.415. The number of aromatic amines is 1. The number of aromatic nitrogens is 1. The van der Waals surface area contributed by atoms with E-state index in [0.717, 1.165) is 18.2 Å². The maximum Gasteiger partial charge on any atom is 0.251 e. The Balaban J connectivity index is 1.76. The van der Waals surface area contributed by atoms with Gasteiger partial charge in [0.15, 0.2) is 0 Å². The van der Waals surface area contributed by atoms with Gasteiger partial charge in [-0.05, 0) is 37.5 Å². The summed E-state index contributed by atoms with van der Waals surface area (Å²) in [5.74, 6) is 0.522. The fourth-order valence-electron chi connectivity index (χ4n) is 3.24. The lowest BCUT2D eigenvalue weighted by atomic mass is 10.1. The first-order chi connectivity index (χ1) is 11.9. The number of H-pyrrole nitrogens is 1. The summed E-state index contributed by atoms with van der Waals surface area (Å²) in [6.07, 6.45) is 3.67.